The van der Waals surface area contributed by atoms with E-state index in [0.29, 0.717) is 28.3 Å². The largest absolute Gasteiger partial charge is 0.353 e. The van der Waals surface area contributed by atoms with Gasteiger partial charge in [0.15, 0.2) is 0 Å². The molecule has 144 valence electrons. The Morgan fingerprint density at radius 2 is 2.18 bits per heavy atom. The van der Waals surface area contributed by atoms with Gasteiger partial charge in [-0.1, -0.05) is 5.16 Å². The van der Waals surface area contributed by atoms with E-state index in [0.717, 1.165) is 50.3 Å². The third kappa shape index (κ3) is 3.19. The summed E-state index contributed by atoms with van der Waals surface area (Å²) in [5, 5.41) is 7.93. The Balaban J connectivity index is 1.39. The number of carbonyl (C=O) groups is 1. The number of amides is 1. The Labute approximate surface area is 162 Å². The van der Waals surface area contributed by atoms with Crippen molar-refractivity contribution in [3.05, 3.63) is 41.6 Å². The standard InChI is InChI=1S/C20H22N6O2/c1-12-18-15(9-16(13-4-5-13)24-20(18)28-25-12)19(27)23-14-3-2-8-26(11-14)17-10-21-6-7-22-17/h6-7,9-10,13-14H,2-5,8,11H2,1H3,(H,23,27)/t14-/m1/s1. The topological polar surface area (TPSA) is 97.0 Å². The molecule has 3 aromatic heterocycles. The first-order valence-corrected chi connectivity index (χ1v) is 9.78. The van der Waals surface area contributed by atoms with Gasteiger partial charge in [0.05, 0.1) is 22.8 Å². The van der Waals surface area contributed by atoms with Crippen LogP contribution in [0, 0.1) is 6.92 Å². The van der Waals surface area contributed by atoms with Crippen LogP contribution in [-0.4, -0.2) is 45.1 Å². The summed E-state index contributed by atoms with van der Waals surface area (Å²) in [4.78, 5) is 28.4. The van der Waals surface area contributed by atoms with Crippen LogP contribution in [-0.2, 0) is 0 Å². The van der Waals surface area contributed by atoms with Crippen molar-refractivity contribution in [2.45, 2.75) is 44.6 Å². The number of nitrogens with zero attached hydrogens (tertiary/aromatic N) is 5. The summed E-state index contributed by atoms with van der Waals surface area (Å²) >= 11 is 0. The van der Waals surface area contributed by atoms with E-state index >= 15 is 0 Å². The molecule has 2 aliphatic rings. The zero-order valence-electron chi connectivity index (χ0n) is 15.8. The number of pyridine rings is 1. The minimum Gasteiger partial charge on any atom is -0.353 e. The van der Waals surface area contributed by atoms with Crippen molar-refractivity contribution in [1.82, 2.24) is 25.4 Å². The summed E-state index contributed by atoms with van der Waals surface area (Å²) < 4.78 is 5.36. The van der Waals surface area contributed by atoms with Crippen molar-refractivity contribution in [2.24, 2.45) is 0 Å². The van der Waals surface area contributed by atoms with Crippen LogP contribution in [0.5, 0.6) is 0 Å². The van der Waals surface area contributed by atoms with Gasteiger partial charge in [-0.05, 0) is 38.7 Å². The Morgan fingerprint density at radius 3 is 2.96 bits per heavy atom. The summed E-state index contributed by atoms with van der Waals surface area (Å²) in [6.45, 7) is 3.48. The van der Waals surface area contributed by atoms with Gasteiger partial charge >= 0.3 is 0 Å². The van der Waals surface area contributed by atoms with Crippen molar-refractivity contribution >= 4 is 22.8 Å². The second-order valence-electron chi connectivity index (χ2n) is 7.64. The van der Waals surface area contributed by atoms with E-state index in [9.17, 15) is 4.79 Å². The molecule has 0 radical (unpaired) electrons. The first kappa shape index (κ1) is 17.1. The number of anilines is 1. The van der Waals surface area contributed by atoms with Crippen LogP contribution < -0.4 is 10.2 Å². The molecule has 8 heteroatoms. The summed E-state index contributed by atoms with van der Waals surface area (Å²) in [6, 6.07) is 1.97. The van der Waals surface area contributed by atoms with Crippen molar-refractivity contribution in [3.63, 3.8) is 0 Å². The zero-order chi connectivity index (χ0) is 19.1. The third-order valence-corrected chi connectivity index (χ3v) is 5.51. The Kier molecular flexibility index (Phi) is 4.18. The molecule has 8 nitrogen and oxygen atoms in total. The fourth-order valence-electron chi connectivity index (χ4n) is 3.90. The van der Waals surface area contributed by atoms with E-state index in [1.807, 2.05) is 13.0 Å². The van der Waals surface area contributed by atoms with Crippen LogP contribution in [0.25, 0.3) is 11.1 Å². The first-order valence-electron chi connectivity index (χ1n) is 9.78. The molecule has 28 heavy (non-hydrogen) atoms. The number of rotatable bonds is 4. The number of nitrogens with one attached hydrogen (secondary N) is 1. The van der Waals surface area contributed by atoms with Crippen LogP contribution in [0.15, 0.2) is 29.2 Å². The van der Waals surface area contributed by atoms with Crippen LogP contribution >= 0.6 is 0 Å². The lowest BCUT2D eigenvalue weighted by Gasteiger charge is -2.33. The third-order valence-electron chi connectivity index (χ3n) is 5.51. The van der Waals surface area contributed by atoms with Gasteiger partial charge < -0.3 is 14.7 Å². The molecule has 0 bridgehead atoms. The number of aryl methyl sites for hydroxylation is 1. The molecule has 1 N–H and O–H groups in total. The Hall–Kier alpha value is -3.03. The van der Waals surface area contributed by atoms with E-state index in [-0.39, 0.29) is 11.9 Å². The summed E-state index contributed by atoms with van der Waals surface area (Å²) in [5.41, 5.74) is 2.69. The van der Waals surface area contributed by atoms with E-state index in [1.165, 1.54) is 0 Å². The normalized spacial score (nSPS) is 19.8. The second kappa shape index (κ2) is 6.85. The van der Waals surface area contributed by atoms with E-state index in [2.05, 4.69) is 30.3 Å². The molecule has 0 unspecified atom stereocenters. The zero-order valence-corrected chi connectivity index (χ0v) is 15.8. The van der Waals surface area contributed by atoms with Gasteiger partial charge in [0.25, 0.3) is 11.6 Å². The molecule has 5 rings (SSSR count). The van der Waals surface area contributed by atoms with Gasteiger partial charge in [0.2, 0.25) is 0 Å². The van der Waals surface area contributed by atoms with E-state index in [4.69, 9.17) is 4.52 Å². The van der Waals surface area contributed by atoms with Crippen molar-refractivity contribution in [3.8, 4) is 0 Å². The number of aromatic nitrogens is 4. The van der Waals surface area contributed by atoms with Crippen molar-refractivity contribution in [2.75, 3.05) is 18.0 Å². The number of fused-ring (bicyclic) bond motifs is 1. The highest BCUT2D eigenvalue weighted by molar-refractivity contribution is 6.06. The fourth-order valence-corrected chi connectivity index (χ4v) is 3.90. The smallest absolute Gasteiger partial charge is 0.259 e. The lowest BCUT2D eigenvalue weighted by Crippen LogP contribution is -2.48. The molecule has 2 fully saturated rings. The quantitative estimate of drug-likeness (QED) is 0.745. The first-order chi connectivity index (χ1) is 13.7. The Bertz CT molecular complexity index is 1010. The monoisotopic (exact) mass is 378 g/mol. The number of carbonyl (C=O) groups excluding carboxylic acids is 1. The Morgan fingerprint density at radius 1 is 1.29 bits per heavy atom. The van der Waals surface area contributed by atoms with E-state index in [1.54, 1.807) is 18.6 Å². The fraction of sp³-hybridized carbons (Fsp3) is 0.450. The molecule has 1 aliphatic heterocycles. The number of piperidine rings is 1. The molecule has 3 aromatic rings. The summed E-state index contributed by atoms with van der Waals surface area (Å²) in [6.07, 6.45) is 9.28. The maximum Gasteiger partial charge on any atom is 0.259 e. The molecule has 1 amide bonds. The highest BCUT2D eigenvalue weighted by atomic mass is 16.5. The number of hydrogen-bond acceptors (Lipinski definition) is 7. The van der Waals surface area contributed by atoms with E-state index < -0.39 is 0 Å². The van der Waals surface area contributed by atoms with Gasteiger partial charge in [0, 0.05) is 43.1 Å². The van der Waals surface area contributed by atoms with Crippen LogP contribution in [0.1, 0.15) is 53.3 Å². The molecule has 1 aliphatic carbocycles. The second-order valence-corrected chi connectivity index (χ2v) is 7.64. The lowest BCUT2D eigenvalue weighted by atomic mass is 10.0. The van der Waals surface area contributed by atoms with Crippen molar-refractivity contribution < 1.29 is 9.32 Å². The minimum atomic E-state index is -0.0911. The van der Waals surface area contributed by atoms with Gasteiger partial charge in [-0.15, -0.1) is 0 Å². The van der Waals surface area contributed by atoms with Gasteiger partial charge in [-0.25, -0.2) is 9.97 Å². The predicted octanol–water partition coefficient (Wildman–Crippen LogP) is 2.60. The summed E-state index contributed by atoms with van der Waals surface area (Å²) in [5.74, 6) is 1.19. The predicted molar refractivity (Wildman–Crippen MR) is 103 cm³/mol. The maximum atomic E-state index is 13.2. The van der Waals surface area contributed by atoms with Gasteiger partial charge in [-0.2, -0.15) is 0 Å². The highest BCUT2D eigenvalue weighted by Gasteiger charge is 2.30. The molecule has 4 heterocycles. The maximum absolute atomic E-state index is 13.2. The molecular formula is C20H22N6O2. The van der Waals surface area contributed by atoms with Crippen LogP contribution in [0.2, 0.25) is 0 Å². The van der Waals surface area contributed by atoms with Gasteiger partial charge in [0.1, 0.15) is 5.82 Å². The average molecular weight is 378 g/mol. The highest BCUT2D eigenvalue weighted by Crippen LogP contribution is 2.40. The van der Waals surface area contributed by atoms with Crippen molar-refractivity contribution in [1.29, 1.82) is 0 Å². The molecule has 0 aromatic carbocycles. The SMILES string of the molecule is Cc1noc2nc(C3CC3)cc(C(=O)N[C@@H]3CCCN(c4cnccn4)C3)c12. The summed E-state index contributed by atoms with van der Waals surface area (Å²) in [7, 11) is 0. The molecule has 1 saturated heterocycles. The molecule has 1 atom stereocenters. The van der Waals surface area contributed by atoms with Crippen LogP contribution in [0.4, 0.5) is 5.82 Å². The van der Waals surface area contributed by atoms with Gasteiger partial charge in [-0.3, -0.25) is 9.78 Å². The molecular weight excluding hydrogens is 356 g/mol. The van der Waals surface area contributed by atoms with Crippen LogP contribution in [0.3, 0.4) is 0 Å². The minimum absolute atomic E-state index is 0.0519. The molecule has 0 spiro atoms. The average Bonchev–Trinajstić information content (AvgIpc) is 3.52. The number of hydrogen-bond donors (Lipinski definition) is 1. The molecule has 1 saturated carbocycles. The lowest BCUT2D eigenvalue weighted by molar-refractivity contribution is 0.0934.